The van der Waals surface area contributed by atoms with Crippen LogP contribution in [0.25, 0.3) is 0 Å². The highest BCUT2D eigenvalue weighted by Gasteiger charge is 2.53. The van der Waals surface area contributed by atoms with Gasteiger partial charge in [0.25, 0.3) is 0 Å². The van der Waals surface area contributed by atoms with Gasteiger partial charge in [0, 0.05) is 77.0 Å². The summed E-state index contributed by atoms with van der Waals surface area (Å²) >= 11 is 0. The highest BCUT2D eigenvalue weighted by atomic mass is 16.7. The summed E-state index contributed by atoms with van der Waals surface area (Å²) in [6, 6.07) is 0.0164. The highest BCUT2D eigenvalue weighted by molar-refractivity contribution is 5.91. The van der Waals surface area contributed by atoms with E-state index in [1.165, 1.54) is 21.3 Å². The first-order chi connectivity index (χ1) is 36.7. The number of esters is 2. The van der Waals surface area contributed by atoms with Crippen molar-refractivity contribution in [2.75, 3.05) is 54.7 Å². The summed E-state index contributed by atoms with van der Waals surface area (Å²) in [7, 11) is 6.31. The molecule has 0 aliphatic carbocycles. The lowest BCUT2D eigenvalue weighted by Gasteiger charge is -2.45. The molecule has 450 valence electrons. The smallest absolute Gasteiger partial charge is 0.408 e. The van der Waals surface area contributed by atoms with Gasteiger partial charge in [-0.25, -0.2) is 4.79 Å². The van der Waals surface area contributed by atoms with Crippen molar-refractivity contribution in [3.8, 4) is 0 Å². The van der Waals surface area contributed by atoms with Gasteiger partial charge in [0.1, 0.15) is 43.7 Å². The molecule has 0 aromatic rings. The number of nitrogens with one attached hydrogen (secondary N) is 1. The third kappa shape index (κ3) is 17.0. The van der Waals surface area contributed by atoms with E-state index in [0.29, 0.717) is 25.3 Å². The average Bonchev–Trinajstić information content (AvgIpc) is 3.90. The summed E-state index contributed by atoms with van der Waals surface area (Å²) in [6.07, 6.45) is -12.1. The molecule has 0 spiro atoms. The molecular weight excluding hydrogens is 1020 g/mol. The first-order valence-electron chi connectivity index (χ1n) is 28.4. The Hall–Kier alpha value is -3.13. The van der Waals surface area contributed by atoms with Crippen LogP contribution in [0.3, 0.4) is 0 Å². The lowest BCUT2D eigenvalue weighted by molar-refractivity contribution is -0.305. The van der Waals surface area contributed by atoms with E-state index in [9.17, 15) is 19.8 Å². The first-order valence-corrected chi connectivity index (χ1v) is 28.4. The molecule has 0 aromatic carbocycles. The van der Waals surface area contributed by atoms with Crippen molar-refractivity contribution < 1.29 is 91.1 Å². The van der Waals surface area contributed by atoms with Crippen molar-refractivity contribution in [1.82, 2.24) is 10.2 Å². The number of alkyl carbamates (subject to hydrolysis) is 1. The fourth-order valence-corrected chi connectivity index (χ4v) is 12.0. The SMILES string of the molecule is CO/N=C1\C[C@@H](C)O[C@@H](O[C@@H]2[C@@H](C)[C@H](O[C@H]3CC(C)N(C)C[C@H](C)O3)[C@@H](C)C(=O)O[C@H]([C@@H](C)CO[C@@H]3O[C@H](C)[C@@H](O)[C@@H](OC)[C@H]3OC)[C@H](C)[C@@H](OC(=O)CC(C)C)[C@@H](C)C(=O)[C@@](C)(OC(=O)NCC3CCCO3)C[C@@H]2C)[C@@H]1O. The average molecular weight is 1120 g/mol. The van der Waals surface area contributed by atoms with Crippen LogP contribution in [-0.4, -0.2) is 203 Å². The molecular formula is C56H97N3O19. The molecule has 0 aromatic heterocycles. The second-order valence-corrected chi connectivity index (χ2v) is 23.7. The van der Waals surface area contributed by atoms with E-state index in [1.54, 1.807) is 34.6 Å². The number of hydrogen-bond donors (Lipinski definition) is 3. The Bertz CT molecular complexity index is 1940. The molecule has 5 aliphatic heterocycles. The summed E-state index contributed by atoms with van der Waals surface area (Å²) in [6.45, 7) is 24.6. The van der Waals surface area contributed by atoms with Crippen LogP contribution in [0, 0.1) is 41.4 Å². The zero-order valence-electron chi connectivity index (χ0n) is 49.6. The molecule has 0 saturated carbocycles. The number of oxime groups is 1. The maximum Gasteiger partial charge on any atom is 0.408 e. The minimum Gasteiger partial charge on any atom is -0.461 e. The molecule has 5 fully saturated rings. The predicted octanol–water partition coefficient (Wildman–Crippen LogP) is 5.19. The molecule has 22 heteroatoms. The van der Waals surface area contributed by atoms with E-state index in [4.69, 9.17) is 61.7 Å². The zero-order valence-corrected chi connectivity index (χ0v) is 49.6. The van der Waals surface area contributed by atoms with Crippen LogP contribution in [0.15, 0.2) is 5.16 Å². The lowest BCUT2D eigenvalue weighted by Crippen LogP contribution is -2.59. The van der Waals surface area contributed by atoms with Crippen LogP contribution >= 0.6 is 0 Å². The van der Waals surface area contributed by atoms with Crippen LogP contribution in [0.2, 0.25) is 0 Å². The fraction of sp³-hybridized carbons (Fsp3) is 0.911. The Balaban J connectivity index is 1.69. The largest absolute Gasteiger partial charge is 0.461 e. The second-order valence-electron chi connectivity index (χ2n) is 23.7. The Morgan fingerprint density at radius 3 is 2.17 bits per heavy atom. The van der Waals surface area contributed by atoms with Crippen molar-refractivity contribution in [3.05, 3.63) is 0 Å². The third-order valence-corrected chi connectivity index (χ3v) is 16.4. The van der Waals surface area contributed by atoms with Gasteiger partial charge in [-0.05, 0) is 79.7 Å². The molecule has 0 bridgehead atoms. The molecule has 5 aliphatic rings. The number of nitrogens with zero attached hydrogens (tertiary/aromatic N) is 2. The number of Topliss-reactive ketones (excluding diaryl/α,β-unsaturated/α-hetero) is 1. The molecule has 78 heavy (non-hydrogen) atoms. The number of aliphatic hydroxyl groups excluding tert-OH is 2. The van der Waals surface area contributed by atoms with Crippen LogP contribution in [0.5, 0.6) is 0 Å². The molecule has 23 atom stereocenters. The third-order valence-electron chi connectivity index (χ3n) is 16.4. The van der Waals surface area contributed by atoms with Gasteiger partial charge < -0.3 is 82.1 Å². The van der Waals surface area contributed by atoms with E-state index in [0.717, 1.165) is 12.8 Å². The molecule has 5 rings (SSSR count). The van der Waals surface area contributed by atoms with E-state index in [1.807, 2.05) is 55.5 Å². The maximum absolute atomic E-state index is 15.8. The van der Waals surface area contributed by atoms with Crippen molar-refractivity contribution in [3.63, 3.8) is 0 Å². The Morgan fingerprint density at radius 2 is 1.54 bits per heavy atom. The van der Waals surface area contributed by atoms with Crippen molar-refractivity contribution in [2.45, 2.75) is 232 Å². The van der Waals surface area contributed by atoms with Gasteiger partial charge in [-0.3, -0.25) is 14.4 Å². The Kier molecular flexibility index (Phi) is 25.0. The fourth-order valence-electron chi connectivity index (χ4n) is 12.0. The van der Waals surface area contributed by atoms with Crippen molar-refractivity contribution in [2.24, 2.45) is 46.6 Å². The van der Waals surface area contributed by atoms with E-state index >= 15 is 9.59 Å². The summed E-state index contributed by atoms with van der Waals surface area (Å²) in [5, 5.41) is 29.6. The minimum absolute atomic E-state index is 0.0134. The lowest BCUT2D eigenvalue weighted by atomic mass is 9.74. The maximum atomic E-state index is 15.8. The van der Waals surface area contributed by atoms with Gasteiger partial charge in [-0.1, -0.05) is 53.6 Å². The normalized spacial score (nSPS) is 41.8. The van der Waals surface area contributed by atoms with Crippen LogP contribution in [0.1, 0.15) is 129 Å². The van der Waals surface area contributed by atoms with E-state index in [2.05, 4.69) is 22.3 Å². The predicted molar refractivity (Wildman–Crippen MR) is 284 cm³/mol. The Labute approximate surface area is 463 Å². The quantitative estimate of drug-likeness (QED) is 0.0963. The van der Waals surface area contributed by atoms with Gasteiger partial charge in [-0.2, -0.15) is 0 Å². The van der Waals surface area contributed by atoms with Gasteiger partial charge in [0.15, 0.2) is 30.3 Å². The zero-order chi connectivity index (χ0) is 57.9. The summed E-state index contributed by atoms with van der Waals surface area (Å²) in [4.78, 5) is 66.6. The molecule has 3 N–H and O–H groups in total. The molecule has 5 heterocycles. The summed E-state index contributed by atoms with van der Waals surface area (Å²) < 4.78 is 76.1. The summed E-state index contributed by atoms with van der Waals surface area (Å²) in [5.41, 5.74) is -1.65. The van der Waals surface area contributed by atoms with Crippen LogP contribution in [-0.2, 0) is 76.1 Å². The summed E-state index contributed by atoms with van der Waals surface area (Å²) in [5.74, 6) is -7.31. The minimum atomic E-state index is -1.94. The van der Waals surface area contributed by atoms with Crippen LogP contribution in [0.4, 0.5) is 4.79 Å². The van der Waals surface area contributed by atoms with Crippen LogP contribution < -0.4 is 5.32 Å². The van der Waals surface area contributed by atoms with Gasteiger partial charge in [-0.15, -0.1) is 0 Å². The van der Waals surface area contributed by atoms with Crippen molar-refractivity contribution in [1.29, 1.82) is 0 Å². The monoisotopic (exact) mass is 1120 g/mol. The van der Waals surface area contributed by atoms with Gasteiger partial charge >= 0.3 is 18.0 Å². The number of carbonyl (C=O) groups is 4. The van der Waals surface area contributed by atoms with Crippen molar-refractivity contribution >= 4 is 29.5 Å². The second kappa shape index (κ2) is 29.7. The number of ketones is 1. The molecule has 5 saturated heterocycles. The van der Waals surface area contributed by atoms with E-state index in [-0.39, 0.29) is 56.6 Å². The number of carbonyl (C=O) groups excluding carboxylic acids is 4. The number of cyclic esters (lactones) is 1. The number of likely N-dealkylation sites (N-methyl/N-ethyl adjacent to an activating group) is 1. The van der Waals surface area contributed by atoms with E-state index < -0.39 is 145 Å². The first kappa shape index (κ1) is 65.7. The molecule has 0 radical (unpaired) electrons. The number of amides is 1. The number of rotatable bonds is 17. The Morgan fingerprint density at radius 1 is 0.846 bits per heavy atom. The molecule has 22 nitrogen and oxygen atoms in total. The number of methoxy groups -OCH3 is 2. The number of ether oxygens (including phenoxy) is 12. The molecule has 1 amide bonds. The molecule has 2 unspecified atom stereocenters. The number of aliphatic hydroxyl groups is 2. The topological polar surface area (TPSA) is 256 Å². The standard InChI is InChI=1S/C56H97N3O19/c1-28(2)21-41(60)74-47-35(9)46(30(4)27-70-54-50(67-16)49(66-15)43(61)38(12)73-54)76-52(64)37(11)48(75-42-22-31(5)59(14)26-33(7)71-42)34(8)45(77-53-44(62)40(58-68-17)23-32(6)72-53)29(3)24-56(13,51(63)36(47)10)78-55(65)57-25-39-19-18-20-69-39/h28-39,42-50,53-54,61-62H,18-27H2,1-17H3,(H,57,65)/b58-40+/t29-,30-,31?,32+,33-,34+,35-,36+,37+,38+,39?,42-,43+,44+,45-,46+,47+,48-,49+,50+,53-,54+,56-/m0/s1. The van der Waals surface area contributed by atoms with Gasteiger partial charge in [0.2, 0.25) is 0 Å². The van der Waals surface area contributed by atoms with Gasteiger partial charge in [0.05, 0.1) is 60.8 Å². The highest BCUT2D eigenvalue weighted by Crippen LogP contribution is 2.40. The number of hydrogen-bond acceptors (Lipinski definition) is 21.